The Hall–Kier alpha value is -2.74. The maximum absolute atomic E-state index is 11.1. The number of amides is 1. The molecule has 0 atom stereocenters. The predicted molar refractivity (Wildman–Crippen MR) is 103 cm³/mol. The summed E-state index contributed by atoms with van der Waals surface area (Å²) in [5, 5.41) is 23.6. The monoisotopic (exact) mass is 452 g/mol. The van der Waals surface area contributed by atoms with E-state index in [4.69, 9.17) is 13.3 Å². The summed E-state index contributed by atoms with van der Waals surface area (Å²) in [5.74, 6) is -1.84. The van der Waals surface area contributed by atoms with Crippen LogP contribution in [-0.2, 0) is 15.0 Å². The maximum Gasteiger partial charge on any atom is 0.337 e. The zero-order valence-corrected chi connectivity index (χ0v) is 16.9. The van der Waals surface area contributed by atoms with Crippen molar-refractivity contribution in [2.75, 3.05) is 17.2 Å². The molecule has 0 saturated carbocycles. The molecule has 1 heterocycles. The van der Waals surface area contributed by atoms with Crippen LogP contribution in [0.25, 0.3) is 0 Å². The number of phenolic OH excluding ortho intramolecular Hbond substituents is 1. The molecule has 6 N–H and O–H groups in total. The third-order valence-electron chi connectivity index (χ3n) is 3.92. The molecular weight excluding hydrogens is 431 g/mol. The molecule has 1 amide bonds. The summed E-state index contributed by atoms with van der Waals surface area (Å²) in [5.41, 5.74) is 2.25. The summed E-state index contributed by atoms with van der Waals surface area (Å²) in [6.07, 6.45) is 2.06. The van der Waals surface area contributed by atoms with Crippen LogP contribution in [0, 0.1) is 0 Å². The molecule has 1 aliphatic rings. The fraction of sp³-hybridized carbons (Fsp3) is 0.222. The van der Waals surface area contributed by atoms with Crippen LogP contribution in [0.15, 0.2) is 36.4 Å². The van der Waals surface area contributed by atoms with Crippen LogP contribution in [-0.4, -0.2) is 51.0 Å². The number of carbonyl (C=O) groups excluding carboxylic acids is 1. The van der Waals surface area contributed by atoms with Gasteiger partial charge < -0.3 is 10.4 Å². The molecule has 2 aromatic rings. The number of benzene rings is 2. The molecule has 0 radical (unpaired) electrons. The van der Waals surface area contributed by atoms with Gasteiger partial charge in [-0.25, -0.2) is 4.79 Å². The summed E-state index contributed by atoms with van der Waals surface area (Å²) >= 11 is -5.25. The van der Waals surface area contributed by atoms with Gasteiger partial charge in [-0.1, -0.05) is 12.1 Å². The molecule has 0 aliphatic carbocycles. The van der Waals surface area contributed by atoms with Gasteiger partial charge in [0.05, 0.1) is 11.3 Å². The van der Waals surface area contributed by atoms with Crippen LogP contribution in [0.5, 0.6) is 5.75 Å². The van der Waals surface area contributed by atoms with Crippen molar-refractivity contribution in [3.8, 4) is 5.75 Å². The second-order valence-corrected chi connectivity index (χ2v) is 9.29. The smallest absolute Gasteiger partial charge is 0.337 e. The first-order valence-electron chi connectivity index (χ1n) is 8.36. The van der Waals surface area contributed by atoms with E-state index in [1.165, 1.54) is 19.1 Å². The van der Waals surface area contributed by atoms with Crippen molar-refractivity contribution in [3.05, 3.63) is 47.5 Å². The van der Waals surface area contributed by atoms with Crippen LogP contribution >= 0.6 is 0 Å². The number of aryl methyl sites for hydroxylation is 1. The van der Waals surface area contributed by atoms with Gasteiger partial charge in [0.25, 0.3) is 0 Å². The largest absolute Gasteiger partial charge is 0.478 e. The summed E-state index contributed by atoms with van der Waals surface area (Å²) in [7, 11) is 0. The van der Waals surface area contributed by atoms with Crippen molar-refractivity contribution < 1.29 is 31.7 Å². The number of carboxylic acid groups (broad SMARTS) is 1. The maximum atomic E-state index is 11.1. The van der Waals surface area contributed by atoms with Crippen molar-refractivity contribution in [2.45, 2.75) is 19.8 Å². The minimum absolute atomic E-state index is 0.0602. The van der Waals surface area contributed by atoms with E-state index >= 15 is 0 Å². The molecule has 10 heteroatoms. The molecule has 0 bridgehead atoms. The fourth-order valence-corrected chi connectivity index (χ4v) is 4.53. The van der Waals surface area contributed by atoms with Crippen molar-refractivity contribution >= 4 is 41.8 Å². The summed E-state index contributed by atoms with van der Waals surface area (Å²) < 4.78 is 28.6. The number of phenols is 1. The minimum Gasteiger partial charge on any atom is -0.478 e. The van der Waals surface area contributed by atoms with E-state index in [9.17, 15) is 18.4 Å². The zero-order chi connectivity index (χ0) is 20.9. The Morgan fingerprint density at radius 1 is 1.14 bits per heavy atom. The Bertz CT molecular complexity index is 940. The van der Waals surface area contributed by atoms with Crippen molar-refractivity contribution in [1.82, 2.24) is 0 Å². The van der Waals surface area contributed by atoms with Gasteiger partial charge in [-0.2, -0.15) is 0 Å². The number of hydrogen-bond donors (Lipinski definition) is 6. The topological polar surface area (TPSA) is 156 Å². The molecule has 0 spiro atoms. The number of nitrogens with one attached hydrogen (secondary N) is 2. The number of rotatable bonds is 3. The third-order valence-corrected chi connectivity index (χ3v) is 6.13. The number of anilines is 2. The van der Waals surface area contributed by atoms with Crippen LogP contribution in [0.2, 0.25) is 0 Å². The van der Waals surface area contributed by atoms with Gasteiger partial charge in [0.1, 0.15) is 0 Å². The van der Waals surface area contributed by atoms with E-state index in [2.05, 4.69) is 10.6 Å². The van der Waals surface area contributed by atoms with E-state index in [-0.39, 0.29) is 5.69 Å². The molecular formula is C18H21AsN2O7. The average Bonchev–Trinajstić information content (AvgIpc) is 2.60. The summed E-state index contributed by atoms with van der Waals surface area (Å²) in [6, 6.07) is 9.27. The van der Waals surface area contributed by atoms with Crippen molar-refractivity contribution in [2.24, 2.45) is 0 Å². The number of aromatic hydroxyl groups is 1. The first-order valence-corrected chi connectivity index (χ1v) is 11.7. The van der Waals surface area contributed by atoms with Crippen LogP contribution in [0.1, 0.15) is 29.3 Å². The molecule has 0 aromatic heterocycles. The zero-order valence-electron chi connectivity index (χ0n) is 15.0. The molecule has 9 nitrogen and oxygen atoms in total. The van der Waals surface area contributed by atoms with E-state index in [0.717, 1.165) is 36.7 Å². The number of aromatic carboxylic acids is 1. The van der Waals surface area contributed by atoms with Gasteiger partial charge >= 0.3 is 94.1 Å². The Kier molecular flexibility index (Phi) is 6.90. The molecule has 3 rings (SSSR count). The third kappa shape index (κ3) is 5.39. The fourth-order valence-electron chi connectivity index (χ4n) is 2.82. The van der Waals surface area contributed by atoms with Crippen LogP contribution in [0.3, 0.4) is 0 Å². The van der Waals surface area contributed by atoms with Crippen LogP contribution in [0.4, 0.5) is 11.4 Å². The van der Waals surface area contributed by atoms with Gasteiger partial charge in [-0.05, 0) is 24.5 Å². The first-order chi connectivity index (χ1) is 13.1. The van der Waals surface area contributed by atoms with E-state index in [1.807, 2.05) is 6.07 Å². The molecule has 1 aliphatic heterocycles. The summed E-state index contributed by atoms with van der Waals surface area (Å²) in [4.78, 5) is 21.6. The number of carboxylic acids is 1. The van der Waals surface area contributed by atoms with E-state index < -0.39 is 36.1 Å². The molecule has 0 fully saturated rings. The van der Waals surface area contributed by atoms with Gasteiger partial charge in [-0.3, -0.25) is 0 Å². The Morgan fingerprint density at radius 3 is 2.43 bits per heavy atom. The number of carbonyl (C=O) groups is 2. The quantitative estimate of drug-likeness (QED) is 0.371. The van der Waals surface area contributed by atoms with Crippen LogP contribution < -0.4 is 15.0 Å². The Labute approximate surface area is 164 Å². The van der Waals surface area contributed by atoms with Gasteiger partial charge in [0, 0.05) is 6.54 Å². The predicted octanol–water partition coefficient (Wildman–Crippen LogP) is 0.654. The molecule has 0 unspecified atom stereocenters. The molecule has 2 aromatic carbocycles. The molecule has 0 saturated heterocycles. The van der Waals surface area contributed by atoms with Crippen molar-refractivity contribution in [3.63, 3.8) is 0 Å². The normalized spacial score (nSPS) is 12.7. The van der Waals surface area contributed by atoms with Gasteiger partial charge in [0.15, 0.2) is 0 Å². The van der Waals surface area contributed by atoms with Gasteiger partial charge in [0.2, 0.25) is 0 Å². The summed E-state index contributed by atoms with van der Waals surface area (Å²) in [6.45, 7) is 2.08. The number of para-hydroxylation sites is 1. The molecule has 150 valence electrons. The second kappa shape index (κ2) is 8.97. The molecule has 28 heavy (non-hydrogen) atoms. The Balaban J connectivity index is 0.000000202. The van der Waals surface area contributed by atoms with E-state index in [1.54, 1.807) is 12.1 Å². The number of fused-ring (bicyclic) bond motifs is 1. The van der Waals surface area contributed by atoms with Gasteiger partial charge in [-0.15, -0.1) is 0 Å². The number of hydrogen-bond acceptors (Lipinski definition) is 5. The van der Waals surface area contributed by atoms with Crippen molar-refractivity contribution in [1.29, 1.82) is 0 Å². The first kappa shape index (κ1) is 21.6. The average molecular weight is 452 g/mol. The SMILES string of the molecule is CC(=O)Nc1cccc(O)c1[As](=O)(O)O.O=C(O)c1cccc2c1NCCC2. The standard InChI is InChI=1S/C10H11NO2.C8H10AsNO5/c12-10(13)8-5-1-3-7-4-2-6-11-9(7)8;1-5(11)10-6-3-2-4-7(12)8(6)9(13,14)15/h1,3,5,11H,2,4,6H2,(H,12,13);2-4,12H,1H3,(H,10,11)(H2,13,14,15). The minimum atomic E-state index is -5.25. The second-order valence-electron chi connectivity index (χ2n) is 6.07. The van der Waals surface area contributed by atoms with E-state index in [0.29, 0.717) is 5.56 Å². The Morgan fingerprint density at radius 2 is 1.82 bits per heavy atom.